The minimum Gasteiger partial charge on any atom is -0.474 e. The maximum absolute atomic E-state index is 6.09. The van der Waals surface area contributed by atoms with Crippen molar-refractivity contribution in [3.8, 4) is 5.88 Å². The Bertz CT molecular complexity index is 420. The van der Waals surface area contributed by atoms with Crippen LogP contribution >= 0.6 is 0 Å². The molecule has 18 heavy (non-hydrogen) atoms. The van der Waals surface area contributed by atoms with E-state index in [4.69, 9.17) is 10.5 Å². The molecule has 1 aromatic rings. The van der Waals surface area contributed by atoms with Crippen LogP contribution in [0.5, 0.6) is 5.88 Å². The molecular weight excluding hydrogens is 226 g/mol. The molecule has 1 heterocycles. The molecule has 0 aliphatic heterocycles. The molecule has 2 unspecified atom stereocenters. The van der Waals surface area contributed by atoms with E-state index in [1.54, 1.807) is 0 Å². The Morgan fingerprint density at radius 3 is 2.67 bits per heavy atom. The summed E-state index contributed by atoms with van der Waals surface area (Å²) in [5.74, 6) is 2.58. The Morgan fingerprint density at radius 2 is 2.00 bits per heavy atom. The lowest BCUT2D eigenvalue weighted by Crippen LogP contribution is -2.29. The number of aromatic nitrogens is 2. The first-order valence-corrected chi connectivity index (χ1v) is 6.91. The van der Waals surface area contributed by atoms with Crippen molar-refractivity contribution in [3.63, 3.8) is 0 Å². The average molecular weight is 249 g/mol. The number of nitrogens with two attached hydrogens (primary N) is 1. The number of anilines is 1. The van der Waals surface area contributed by atoms with Gasteiger partial charge in [0, 0.05) is 6.42 Å². The van der Waals surface area contributed by atoms with E-state index in [2.05, 4.69) is 16.9 Å². The highest BCUT2D eigenvalue weighted by Crippen LogP contribution is 2.29. The number of nitrogen functional groups attached to an aromatic ring is 1. The van der Waals surface area contributed by atoms with E-state index in [0.717, 1.165) is 24.2 Å². The molecule has 1 fully saturated rings. The van der Waals surface area contributed by atoms with Crippen molar-refractivity contribution in [1.82, 2.24) is 9.97 Å². The molecule has 2 N–H and O–H groups in total. The number of nitrogens with zero attached hydrogens (tertiary/aromatic N) is 2. The molecule has 1 aromatic heterocycles. The third-order valence-electron chi connectivity index (χ3n) is 3.80. The number of hydrogen-bond acceptors (Lipinski definition) is 4. The highest BCUT2D eigenvalue weighted by atomic mass is 16.5. The zero-order valence-electron chi connectivity index (χ0n) is 11.6. The van der Waals surface area contributed by atoms with Crippen LogP contribution in [0.25, 0.3) is 0 Å². The molecule has 1 aliphatic rings. The van der Waals surface area contributed by atoms with Crippen molar-refractivity contribution in [2.24, 2.45) is 5.92 Å². The van der Waals surface area contributed by atoms with E-state index in [0.29, 0.717) is 17.6 Å². The molecule has 0 aromatic carbocycles. The maximum Gasteiger partial charge on any atom is 0.222 e. The zero-order valence-corrected chi connectivity index (χ0v) is 11.6. The molecule has 4 nitrogen and oxygen atoms in total. The van der Waals surface area contributed by atoms with Gasteiger partial charge in [-0.25, -0.2) is 4.98 Å². The van der Waals surface area contributed by atoms with Crippen LogP contribution in [0.15, 0.2) is 0 Å². The van der Waals surface area contributed by atoms with Gasteiger partial charge in [-0.3, -0.25) is 0 Å². The fourth-order valence-corrected chi connectivity index (χ4v) is 2.43. The lowest BCUT2D eigenvalue weighted by Gasteiger charge is -2.29. The van der Waals surface area contributed by atoms with Crippen molar-refractivity contribution in [2.45, 2.75) is 59.0 Å². The van der Waals surface area contributed by atoms with E-state index in [9.17, 15) is 0 Å². The van der Waals surface area contributed by atoms with Crippen LogP contribution in [-0.2, 0) is 6.42 Å². The van der Waals surface area contributed by atoms with Crippen molar-refractivity contribution in [1.29, 1.82) is 0 Å². The minimum atomic E-state index is 0.274. The SMILES string of the molecule is CCc1nc(N)c(C)c(OC2CCCCC2C)n1. The molecule has 0 amide bonds. The third-order valence-corrected chi connectivity index (χ3v) is 3.80. The number of ether oxygens (including phenoxy) is 1. The summed E-state index contributed by atoms with van der Waals surface area (Å²) in [4.78, 5) is 8.72. The Morgan fingerprint density at radius 1 is 1.28 bits per heavy atom. The zero-order chi connectivity index (χ0) is 13.1. The second-order valence-corrected chi connectivity index (χ2v) is 5.23. The lowest BCUT2D eigenvalue weighted by molar-refractivity contribution is 0.0964. The topological polar surface area (TPSA) is 61.0 Å². The Balaban J connectivity index is 2.19. The summed E-state index contributed by atoms with van der Waals surface area (Å²) in [6.45, 7) is 6.21. The first-order chi connectivity index (χ1) is 8.61. The van der Waals surface area contributed by atoms with E-state index >= 15 is 0 Å². The average Bonchev–Trinajstić information content (AvgIpc) is 2.37. The lowest BCUT2D eigenvalue weighted by atomic mass is 9.88. The molecule has 100 valence electrons. The predicted octanol–water partition coefficient (Wildman–Crippen LogP) is 2.89. The summed E-state index contributed by atoms with van der Waals surface area (Å²) >= 11 is 0. The summed E-state index contributed by atoms with van der Waals surface area (Å²) in [6.07, 6.45) is 5.97. The summed E-state index contributed by atoms with van der Waals surface area (Å²) in [7, 11) is 0. The van der Waals surface area contributed by atoms with Crippen LogP contribution in [0, 0.1) is 12.8 Å². The van der Waals surface area contributed by atoms with Gasteiger partial charge in [0.2, 0.25) is 5.88 Å². The van der Waals surface area contributed by atoms with Gasteiger partial charge in [0.1, 0.15) is 17.7 Å². The standard InChI is InChI=1S/C14H23N3O/c1-4-12-16-13(15)10(3)14(17-12)18-11-8-6-5-7-9(11)2/h9,11H,4-8H2,1-3H3,(H2,15,16,17). The van der Waals surface area contributed by atoms with Gasteiger partial charge in [-0.05, 0) is 32.1 Å². The van der Waals surface area contributed by atoms with Gasteiger partial charge >= 0.3 is 0 Å². The number of rotatable bonds is 3. The summed E-state index contributed by atoms with van der Waals surface area (Å²) in [5.41, 5.74) is 6.77. The molecular formula is C14H23N3O. The van der Waals surface area contributed by atoms with Crippen molar-refractivity contribution >= 4 is 5.82 Å². The van der Waals surface area contributed by atoms with Crippen LogP contribution in [-0.4, -0.2) is 16.1 Å². The molecule has 0 radical (unpaired) electrons. The van der Waals surface area contributed by atoms with Gasteiger partial charge in [0.15, 0.2) is 0 Å². The van der Waals surface area contributed by atoms with Crippen LogP contribution in [0.1, 0.15) is 50.9 Å². The fourth-order valence-electron chi connectivity index (χ4n) is 2.43. The van der Waals surface area contributed by atoms with Crippen molar-refractivity contribution < 1.29 is 4.74 Å². The number of hydrogen-bond donors (Lipinski definition) is 1. The summed E-state index contributed by atoms with van der Waals surface area (Å²) in [5, 5.41) is 0. The molecule has 1 saturated carbocycles. The Kier molecular flexibility index (Phi) is 4.04. The second kappa shape index (κ2) is 5.55. The quantitative estimate of drug-likeness (QED) is 0.894. The van der Waals surface area contributed by atoms with E-state index in [1.165, 1.54) is 19.3 Å². The van der Waals surface area contributed by atoms with E-state index in [1.807, 2.05) is 13.8 Å². The number of aryl methyl sites for hydroxylation is 1. The first-order valence-electron chi connectivity index (χ1n) is 6.91. The fraction of sp³-hybridized carbons (Fsp3) is 0.714. The first kappa shape index (κ1) is 13.1. The van der Waals surface area contributed by atoms with Gasteiger partial charge in [-0.15, -0.1) is 0 Å². The van der Waals surface area contributed by atoms with E-state index in [-0.39, 0.29) is 6.10 Å². The molecule has 2 rings (SSSR count). The van der Waals surface area contributed by atoms with Crippen LogP contribution in [0.4, 0.5) is 5.82 Å². The van der Waals surface area contributed by atoms with Gasteiger partial charge < -0.3 is 10.5 Å². The van der Waals surface area contributed by atoms with Crippen LogP contribution < -0.4 is 10.5 Å². The predicted molar refractivity (Wildman–Crippen MR) is 72.6 cm³/mol. The summed E-state index contributed by atoms with van der Waals surface area (Å²) in [6, 6.07) is 0. The van der Waals surface area contributed by atoms with Gasteiger partial charge in [0.25, 0.3) is 0 Å². The van der Waals surface area contributed by atoms with Crippen molar-refractivity contribution in [2.75, 3.05) is 5.73 Å². The largest absolute Gasteiger partial charge is 0.474 e. The molecule has 0 saturated heterocycles. The second-order valence-electron chi connectivity index (χ2n) is 5.23. The van der Waals surface area contributed by atoms with Gasteiger partial charge in [0.05, 0.1) is 5.56 Å². The normalized spacial score (nSPS) is 23.9. The minimum absolute atomic E-state index is 0.274. The Labute approximate surface area is 109 Å². The van der Waals surface area contributed by atoms with Gasteiger partial charge in [-0.1, -0.05) is 20.3 Å². The van der Waals surface area contributed by atoms with Crippen molar-refractivity contribution in [3.05, 3.63) is 11.4 Å². The van der Waals surface area contributed by atoms with E-state index < -0.39 is 0 Å². The third kappa shape index (κ3) is 2.74. The molecule has 2 atom stereocenters. The smallest absolute Gasteiger partial charge is 0.222 e. The highest BCUT2D eigenvalue weighted by Gasteiger charge is 2.24. The van der Waals surface area contributed by atoms with Crippen LogP contribution in [0.3, 0.4) is 0 Å². The van der Waals surface area contributed by atoms with Gasteiger partial charge in [-0.2, -0.15) is 4.98 Å². The molecule has 1 aliphatic carbocycles. The molecule has 0 spiro atoms. The monoisotopic (exact) mass is 249 g/mol. The molecule has 0 bridgehead atoms. The van der Waals surface area contributed by atoms with Crippen LogP contribution in [0.2, 0.25) is 0 Å². The highest BCUT2D eigenvalue weighted by molar-refractivity contribution is 5.44. The Hall–Kier alpha value is -1.32. The molecule has 4 heteroatoms. The maximum atomic E-state index is 6.09. The summed E-state index contributed by atoms with van der Waals surface area (Å²) < 4.78 is 6.09.